The van der Waals surface area contributed by atoms with E-state index in [1.807, 2.05) is 45.0 Å². The summed E-state index contributed by atoms with van der Waals surface area (Å²) < 4.78 is 6.14. The number of ether oxygens (including phenoxy) is 1. The van der Waals surface area contributed by atoms with Crippen LogP contribution >= 0.6 is 23.2 Å². The number of hydrogen-bond donors (Lipinski definition) is 2. The Hall–Kier alpha value is -2.54. The molecule has 1 aliphatic rings. The van der Waals surface area contributed by atoms with Crippen molar-refractivity contribution in [3.63, 3.8) is 0 Å². The van der Waals surface area contributed by atoms with E-state index in [-0.39, 0.29) is 5.82 Å². The summed E-state index contributed by atoms with van der Waals surface area (Å²) in [6.07, 6.45) is 5.04. The molecule has 8 heteroatoms. The van der Waals surface area contributed by atoms with Crippen LogP contribution in [0, 0.1) is 6.92 Å². The van der Waals surface area contributed by atoms with E-state index >= 15 is 0 Å². The van der Waals surface area contributed by atoms with Crippen molar-refractivity contribution in [2.75, 3.05) is 31.9 Å². The minimum atomic E-state index is -0.413. The van der Waals surface area contributed by atoms with Gasteiger partial charge >= 0.3 is 0 Å². The molecule has 0 radical (unpaired) electrons. The molecule has 1 saturated heterocycles. The first-order chi connectivity index (χ1) is 15.3. The molecule has 1 aromatic heterocycles. The third-order valence-corrected chi connectivity index (χ3v) is 6.22. The van der Waals surface area contributed by atoms with Crippen LogP contribution in [0.5, 0.6) is 5.75 Å². The summed E-state index contributed by atoms with van der Waals surface area (Å²) >= 11 is 12.9. The van der Waals surface area contributed by atoms with Crippen molar-refractivity contribution in [2.24, 2.45) is 4.99 Å². The Morgan fingerprint density at radius 2 is 2.06 bits per heavy atom. The molecule has 2 aromatic rings. The van der Waals surface area contributed by atoms with E-state index in [9.17, 15) is 0 Å². The predicted molar refractivity (Wildman–Crippen MR) is 135 cm³/mol. The predicted octanol–water partition coefficient (Wildman–Crippen LogP) is 5.27. The maximum Gasteiger partial charge on any atom is 0.166 e. The lowest BCUT2D eigenvalue weighted by Gasteiger charge is -2.28. The van der Waals surface area contributed by atoms with E-state index in [2.05, 4.69) is 26.8 Å². The van der Waals surface area contributed by atoms with Gasteiger partial charge in [-0.1, -0.05) is 41.9 Å². The van der Waals surface area contributed by atoms with Crippen molar-refractivity contribution in [3.05, 3.63) is 69.6 Å². The number of aliphatic imine (C=N–C) groups is 1. The van der Waals surface area contributed by atoms with Crippen molar-refractivity contribution in [2.45, 2.75) is 26.9 Å². The Bertz CT molecular complexity index is 1040. The first kappa shape index (κ1) is 24.1. The monoisotopic (exact) mass is 473 g/mol. The van der Waals surface area contributed by atoms with Gasteiger partial charge in [-0.2, -0.15) is 0 Å². The lowest BCUT2D eigenvalue weighted by Crippen LogP contribution is -2.42. The molecule has 1 unspecified atom stereocenters. The van der Waals surface area contributed by atoms with Gasteiger partial charge in [0.2, 0.25) is 0 Å². The van der Waals surface area contributed by atoms with Crippen LogP contribution in [0.2, 0.25) is 10.0 Å². The number of rotatable bonds is 7. The molecule has 1 fully saturated rings. The zero-order valence-electron chi connectivity index (χ0n) is 18.7. The van der Waals surface area contributed by atoms with Gasteiger partial charge < -0.3 is 20.7 Å². The number of hydrogen-bond acceptors (Lipinski definition) is 6. The summed E-state index contributed by atoms with van der Waals surface area (Å²) in [4.78, 5) is 11.0. The number of halogens is 2. The Morgan fingerprint density at radius 3 is 2.75 bits per heavy atom. The molecule has 0 amide bonds. The van der Waals surface area contributed by atoms with Crippen molar-refractivity contribution >= 4 is 40.8 Å². The van der Waals surface area contributed by atoms with Crippen LogP contribution in [-0.2, 0) is 0 Å². The smallest absolute Gasteiger partial charge is 0.166 e. The minimum absolute atomic E-state index is 0.290. The Labute approximate surface area is 199 Å². The third-order valence-electron chi connectivity index (χ3n) is 5.39. The van der Waals surface area contributed by atoms with Crippen LogP contribution in [0.1, 0.15) is 36.6 Å². The second-order valence-corrected chi connectivity index (χ2v) is 8.40. The lowest BCUT2D eigenvalue weighted by atomic mass is 10.1. The molecule has 1 atom stereocenters. The fourth-order valence-electron chi connectivity index (χ4n) is 3.47. The number of pyridine rings is 1. The highest BCUT2D eigenvalue weighted by atomic mass is 35.5. The second-order valence-electron chi connectivity index (χ2n) is 7.61. The van der Waals surface area contributed by atoms with Crippen LogP contribution in [0.3, 0.4) is 0 Å². The minimum Gasteiger partial charge on any atom is -0.482 e. The topological polar surface area (TPSA) is 75.8 Å². The molecule has 0 saturated carbocycles. The highest BCUT2D eigenvalue weighted by Crippen LogP contribution is 2.36. The number of aromatic nitrogens is 1. The van der Waals surface area contributed by atoms with Gasteiger partial charge in [-0.05, 0) is 44.0 Å². The van der Waals surface area contributed by atoms with Gasteiger partial charge in [0.1, 0.15) is 11.9 Å². The molecule has 0 bridgehead atoms. The molecule has 2 heterocycles. The van der Waals surface area contributed by atoms with Crippen LogP contribution in [0.25, 0.3) is 5.57 Å². The average Bonchev–Trinajstić information content (AvgIpc) is 2.79. The summed E-state index contributed by atoms with van der Waals surface area (Å²) in [6, 6.07) is 5.55. The van der Waals surface area contributed by atoms with Gasteiger partial charge in [-0.3, -0.25) is 0 Å². The zero-order chi connectivity index (χ0) is 23.3. The average molecular weight is 474 g/mol. The maximum absolute atomic E-state index is 6.48. The molecular weight excluding hydrogens is 445 g/mol. The molecule has 1 aromatic carbocycles. The SMILES string of the molecule is C=C(/N=C\C(=C/C)c1cnc(N)c(OC(C)c2c(Cl)ccc(C)c2Cl)c1)N1CCNCC1. The van der Waals surface area contributed by atoms with Crippen LogP contribution in [-0.4, -0.2) is 42.3 Å². The summed E-state index contributed by atoms with van der Waals surface area (Å²) in [5.41, 5.74) is 9.47. The van der Waals surface area contributed by atoms with E-state index < -0.39 is 6.10 Å². The molecule has 0 aliphatic carbocycles. The number of piperazine rings is 1. The Balaban J connectivity index is 1.80. The number of benzene rings is 1. The highest BCUT2D eigenvalue weighted by Gasteiger charge is 2.19. The molecule has 0 spiro atoms. The van der Waals surface area contributed by atoms with E-state index in [4.69, 9.17) is 33.7 Å². The number of nitrogens with zero attached hydrogens (tertiary/aromatic N) is 3. The summed E-state index contributed by atoms with van der Waals surface area (Å²) in [6.45, 7) is 13.5. The maximum atomic E-state index is 6.48. The number of nitrogens with two attached hydrogens (primary N) is 1. The molecular formula is C24H29Cl2N5O. The summed E-state index contributed by atoms with van der Waals surface area (Å²) in [5, 5.41) is 4.45. The van der Waals surface area contributed by atoms with Gasteiger partial charge in [0.25, 0.3) is 0 Å². The fraction of sp³-hybridized carbons (Fsp3) is 0.333. The summed E-state index contributed by atoms with van der Waals surface area (Å²) in [7, 11) is 0. The van der Waals surface area contributed by atoms with Gasteiger partial charge in [-0.15, -0.1) is 0 Å². The van der Waals surface area contributed by atoms with Gasteiger partial charge in [0.15, 0.2) is 11.6 Å². The number of nitrogens with one attached hydrogen (secondary N) is 1. The Morgan fingerprint density at radius 1 is 1.34 bits per heavy atom. The van der Waals surface area contributed by atoms with E-state index in [1.54, 1.807) is 12.4 Å². The van der Waals surface area contributed by atoms with Gasteiger partial charge in [0.05, 0.1) is 5.02 Å². The van der Waals surface area contributed by atoms with E-state index in [0.717, 1.165) is 54.3 Å². The van der Waals surface area contributed by atoms with Gasteiger partial charge in [0, 0.05) is 54.7 Å². The van der Waals surface area contributed by atoms with E-state index in [0.29, 0.717) is 15.8 Å². The largest absolute Gasteiger partial charge is 0.482 e. The second kappa shape index (κ2) is 10.9. The first-order valence-corrected chi connectivity index (χ1v) is 11.3. The van der Waals surface area contributed by atoms with Crippen molar-refractivity contribution in [3.8, 4) is 5.75 Å². The molecule has 3 N–H and O–H groups in total. The molecule has 6 nitrogen and oxygen atoms in total. The van der Waals surface area contributed by atoms with Gasteiger partial charge in [-0.25, -0.2) is 9.98 Å². The van der Waals surface area contributed by atoms with Crippen LogP contribution in [0.4, 0.5) is 5.82 Å². The normalized spacial score (nSPS) is 15.8. The first-order valence-electron chi connectivity index (χ1n) is 10.5. The van der Waals surface area contributed by atoms with Crippen LogP contribution in [0.15, 0.2) is 47.9 Å². The number of allylic oxidation sites excluding steroid dienone is 2. The quantitative estimate of drug-likeness (QED) is 0.535. The number of anilines is 1. The number of nitrogen functional groups attached to an aromatic ring is 1. The van der Waals surface area contributed by atoms with Crippen LogP contribution < -0.4 is 15.8 Å². The molecule has 170 valence electrons. The molecule has 32 heavy (non-hydrogen) atoms. The fourth-order valence-corrected chi connectivity index (χ4v) is 4.15. The summed E-state index contributed by atoms with van der Waals surface area (Å²) in [5.74, 6) is 1.48. The third kappa shape index (κ3) is 5.63. The number of aryl methyl sites for hydroxylation is 1. The molecule has 3 rings (SSSR count). The Kier molecular flexibility index (Phi) is 8.18. The lowest BCUT2D eigenvalue weighted by molar-refractivity contribution is 0.227. The van der Waals surface area contributed by atoms with Crippen molar-refractivity contribution in [1.82, 2.24) is 15.2 Å². The van der Waals surface area contributed by atoms with Crippen molar-refractivity contribution < 1.29 is 4.74 Å². The standard InChI is InChI=1S/C24H29Cl2N5O/c1-5-18(13-29-17(4)31-10-8-28-9-11-31)19-12-21(24(27)30-14-19)32-16(3)22-20(25)7-6-15(2)23(22)26/h5-7,12-14,16,28H,4,8-11H2,1-3H3,(H2,27,30)/b18-5+,29-13-. The van der Waals surface area contributed by atoms with Crippen molar-refractivity contribution in [1.29, 1.82) is 0 Å². The van der Waals surface area contributed by atoms with E-state index in [1.165, 1.54) is 0 Å². The highest BCUT2D eigenvalue weighted by molar-refractivity contribution is 6.36. The zero-order valence-corrected chi connectivity index (χ0v) is 20.2. The molecule has 1 aliphatic heterocycles.